The van der Waals surface area contributed by atoms with E-state index in [1.54, 1.807) is 30.5 Å². The Morgan fingerprint density at radius 3 is 2.57 bits per heavy atom. The van der Waals surface area contributed by atoms with E-state index < -0.39 is 0 Å². The highest BCUT2D eigenvalue weighted by molar-refractivity contribution is 5.97. The third-order valence-electron chi connectivity index (χ3n) is 3.10. The van der Waals surface area contributed by atoms with E-state index in [4.69, 9.17) is 9.47 Å². The Kier molecular flexibility index (Phi) is 6.17. The van der Waals surface area contributed by atoms with Gasteiger partial charge in [-0.25, -0.2) is 5.43 Å². The van der Waals surface area contributed by atoms with Gasteiger partial charge in [0.05, 0.1) is 25.5 Å². The van der Waals surface area contributed by atoms with Gasteiger partial charge in [-0.1, -0.05) is 31.2 Å². The number of nitrogens with zero attached hydrogens (tertiary/aromatic N) is 1. The minimum Gasteiger partial charge on any atom is -0.496 e. The number of methoxy groups -OCH3 is 1. The molecule has 0 aliphatic heterocycles. The molecule has 0 aliphatic carbocycles. The highest BCUT2D eigenvalue weighted by atomic mass is 16.5. The lowest BCUT2D eigenvalue weighted by molar-refractivity contribution is 0.0952. The number of nitrogens with one attached hydrogen (secondary N) is 1. The van der Waals surface area contributed by atoms with E-state index in [0.717, 1.165) is 17.7 Å². The van der Waals surface area contributed by atoms with Gasteiger partial charge >= 0.3 is 0 Å². The molecule has 0 fully saturated rings. The van der Waals surface area contributed by atoms with Crippen molar-refractivity contribution in [3.8, 4) is 11.5 Å². The van der Waals surface area contributed by atoms with Crippen LogP contribution in [0.2, 0.25) is 0 Å². The van der Waals surface area contributed by atoms with Crippen molar-refractivity contribution in [2.24, 2.45) is 5.10 Å². The minimum atomic E-state index is -0.328. The Labute approximate surface area is 135 Å². The second-order valence-corrected chi connectivity index (χ2v) is 4.79. The molecule has 0 unspecified atom stereocenters. The lowest BCUT2D eigenvalue weighted by Crippen LogP contribution is -2.18. The summed E-state index contributed by atoms with van der Waals surface area (Å²) in [5, 5.41) is 4.00. The number of para-hydroxylation sites is 2. The van der Waals surface area contributed by atoms with Gasteiger partial charge < -0.3 is 9.47 Å². The zero-order chi connectivity index (χ0) is 16.5. The molecule has 1 N–H and O–H groups in total. The van der Waals surface area contributed by atoms with Gasteiger partial charge in [0.25, 0.3) is 5.91 Å². The van der Waals surface area contributed by atoms with Crippen molar-refractivity contribution < 1.29 is 14.3 Å². The zero-order valence-corrected chi connectivity index (χ0v) is 13.3. The third kappa shape index (κ3) is 4.57. The van der Waals surface area contributed by atoms with E-state index >= 15 is 0 Å². The van der Waals surface area contributed by atoms with E-state index in [1.807, 2.05) is 31.2 Å². The van der Waals surface area contributed by atoms with Gasteiger partial charge in [-0.05, 0) is 30.7 Å². The van der Waals surface area contributed by atoms with Crippen LogP contribution in [-0.4, -0.2) is 25.8 Å². The van der Waals surface area contributed by atoms with E-state index in [-0.39, 0.29) is 5.91 Å². The van der Waals surface area contributed by atoms with Crippen LogP contribution in [0.5, 0.6) is 11.5 Å². The molecule has 0 bridgehead atoms. The number of hydrogen-bond acceptors (Lipinski definition) is 4. The lowest BCUT2D eigenvalue weighted by atomic mass is 10.2. The zero-order valence-electron chi connectivity index (χ0n) is 13.3. The SMILES string of the molecule is CCCOc1ccccc1/C=N/NC(=O)c1ccccc1OC. The molecule has 5 nitrogen and oxygen atoms in total. The Bertz CT molecular complexity index is 683. The number of benzene rings is 2. The Morgan fingerprint density at radius 2 is 1.83 bits per heavy atom. The summed E-state index contributed by atoms with van der Waals surface area (Å²) in [5.41, 5.74) is 3.74. The van der Waals surface area contributed by atoms with Gasteiger partial charge in [0.1, 0.15) is 11.5 Å². The molecule has 23 heavy (non-hydrogen) atoms. The van der Waals surface area contributed by atoms with Crippen molar-refractivity contribution in [1.82, 2.24) is 5.43 Å². The van der Waals surface area contributed by atoms with Gasteiger partial charge in [-0.15, -0.1) is 0 Å². The van der Waals surface area contributed by atoms with Crippen LogP contribution < -0.4 is 14.9 Å². The highest BCUT2D eigenvalue weighted by Gasteiger charge is 2.10. The largest absolute Gasteiger partial charge is 0.496 e. The Hall–Kier alpha value is -2.82. The summed E-state index contributed by atoms with van der Waals surface area (Å²) in [4.78, 5) is 12.1. The van der Waals surface area contributed by atoms with E-state index in [2.05, 4.69) is 10.5 Å². The molecule has 2 rings (SSSR count). The number of hydrogen-bond donors (Lipinski definition) is 1. The average Bonchev–Trinajstić information content (AvgIpc) is 2.60. The van der Waals surface area contributed by atoms with Crippen molar-refractivity contribution >= 4 is 12.1 Å². The Morgan fingerprint density at radius 1 is 1.13 bits per heavy atom. The smallest absolute Gasteiger partial charge is 0.275 e. The first-order chi connectivity index (χ1) is 11.3. The molecule has 0 atom stereocenters. The molecule has 0 saturated carbocycles. The highest BCUT2D eigenvalue weighted by Crippen LogP contribution is 2.17. The van der Waals surface area contributed by atoms with Gasteiger partial charge in [-0.2, -0.15) is 5.10 Å². The molecular formula is C18H20N2O3. The summed E-state index contributed by atoms with van der Waals surface area (Å²) in [6.07, 6.45) is 2.49. The molecule has 2 aromatic rings. The van der Waals surface area contributed by atoms with Crippen molar-refractivity contribution in [2.75, 3.05) is 13.7 Å². The molecule has 5 heteroatoms. The van der Waals surface area contributed by atoms with Crippen LogP contribution in [0.4, 0.5) is 0 Å². The van der Waals surface area contributed by atoms with Crippen LogP contribution in [0.25, 0.3) is 0 Å². The van der Waals surface area contributed by atoms with Crippen molar-refractivity contribution in [3.63, 3.8) is 0 Å². The molecule has 1 amide bonds. The van der Waals surface area contributed by atoms with Gasteiger partial charge in [0.2, 0.25) is 0 Å². The van der Waals surface area contributed by atoms with Crippen LogP contribution in [0, 0.1) is 0 Å². The standard InChI is InChI=1S/C18H20N2O3/c1-3-12-23-16-10-6-4-8-14(16)13-19-20-18(21)15-9-5-7-11-17(15)22-2/h4-11,13H,3,12H2,1-2H3,(H,20,21)/b19-13+. The second-order valence-electron chi connectivity index (χ2n) is 4.79. The third-order valence-corrected chi connectivity index (χ3v) is 3.10. The van der Waals surface area contributed by atoms with Crippen LogP contribution in [0.15, 0.2) is 53.6 Å². The molecule has 0 saturated heterocycles. The van der Waals surface area contributed by atoms with Crippen molar-refractivity contribution in [1.29, 1.82) is 0 Å². The summed E-state index contributed by atoms with van der Waals surface area (Å²) in [7, 11) is 1.52. The van der Waals surface area contributed by atoms with Crippen molar-refractivity contribution in [2.45, 2.75) is 13.3 Å². The fraction of sp³-hybridized carbons (Fsp3) is 0.222. The fourth-order valence-electron chi connectivity index (χ4n) is 1.98. The molecule has 0 aliphatic rings. The number of rotatable bonds is 7. The predicted molar refractivity (Wildman–Crippen MR) is 90.3 cm³/mol. The number of ether oxygens (including phenoxy) is 2. The van der Waals surface area contributed by atoms with Crippen LogP contribution >= 0.6 is 0 Å². The molecule has 0 heterocycles. The maximum atomic E-state index is 12.1. The maximum absolute atomic E-state index is 12.1. The van der Waals surface area contributed by atoms with Crippen molar-refractivity contribution in [3.05, 3.63) is 59.7 Å². The number of carbonyl (C=O) groups excluding carboxylic acids is 1. The monoisotopic (exact) mass is 312 g/mol. The number of carbonyl (C=O) groups is 1. The number of hydrazone groups is 1. The summed E-state index contributed by atoms with van der Waals surface area (Å²) in [5.74, 6) is 0.919. The topological polar surface area (TPSA) is 59.9 Å². The summed E-state index contributed by atoms with van der Waals surface area (Å²) in [6, 6.07) is 14.5. The minimum absolute atomic E-state index is 0.328. The maximum Gasteiger partial charge on any atom is 0.275 e. The fourth-order valence-corrected chi connectivity index (χ4v) is 1.98. The summed E-state index contributed by atoms with van der Waals surface area (Å²) >= 11 is 0. The first-order valence-electron chi connectivity index (χ1n) is 7.44. The molecule has 0 spiro atoms. The molecule has 0 aromatic heterocycles. The van der Waals surface area contributed by atoms with Gasteiger partial charge in [-0.3, -0.25) is 4.79 Å². The number of amides is 1. The van der Waals surface area contributed by atoms with E-state index in [0.29, 0.717) is 17.9 Å². The predicted octanol–water partition coefficient (Wildman–Crippen LogP) is 3.25. The van der Waals surface area contributed by atoms with E-state index in [1.165, 1.54) is 7.11 Å². The molecular weight excluding hydrogens is 292 g/mol. The summed E-state index contributed by atoms with van der Waals surface area (Å²) < 4.78 is 10.8. The quantitative estimate of drug-likeness (QED) is 0.630. The lowest BCUT2D eigenvalue weighted by Gasteiger charge is -2.08. The van der Waals surface area contributed by atoms with E-state index in [9.17, 15) is 4.79 Å². The second kappa shape index (κ2) is 8.58. The van der Waals surface area contributed by atoms with Crippen LogP contribution in [0.1, 0.15) is 29.3 Å². The van der Waals surface area contributed by atoms with Crippen LogP contribution in [-0.2, 0) is 0 Å². The van der Waals surface area contributed by atoms with Crippen LogP contribution in [0.3, 0.4) is 0 Å². The van der Waals surface area contributed by atoms with Gasteiger partial charge in [0.15, 0.2) is 0 Å². The van der Waals surface area contributed by atoms with Gasteiger partial charge in [0, 0.05) is 5.56 Å². The first-order valence-corrected chi connectivity index (χ1v) is 7.44. The molecule has 0 radical (unpaired) electrons. The molecule has 120 valence electrons. The molecule has 2 aromatic carbocycles. The first kappa shape index (κ1) is 16.5. The average molecular weight is 312 g/mol. The summed E-state index contributed by atoms with van der Waals surface area (Å²) in [6.45, 7) is 2.68. The Balaban J connectivity index is 2.05. The normalized spacial score (nSPS) is 10.5.